The van der Waals surface area contributed by atoms with Gasteiger partial charge in [-0.15, -0.1) is 0 Å². The van der Waals surface area contributed by atoms with Crippen LogP contribution in [0, 0.1) is 17.0 Å². The van der Waals surface area contributed by atoms with Crippen molar-refractivity contribution in [1.82, 2.24) is 0 Å². The predicted molar refractivity (Wildman–Crippen MR) is 103 cm³/mol. The highest BCUT2D eigenvalue weighted by molar-refractivity contribution is 7.89. The van der Waals surface area contributed by atoms with Gasteiger partial charge in [0.2, 0.25) is 10.0 Å². The molecule has 8 nitrogen and oxygen atoms in total. The van der Waals surface area contributed by atoms with Gasteiger partial charge in [-0.1, -0.05) is 12.1 Å². The van der Waals surface area contributed by atoms with Crippen molar-refractivity contribution in [3.05, 3.63) is 57.6 Å². The van der Waals surface area contributed by atoms with Crippen molar-refractivity contribution in [2.75, 3.05) is 5.32 Å². The van der Waals surface area contributed by atoms with E-state index in [0.717, 1.165) is 17.2 Å². The molecule has 27 heavy (non-hydrogen) atoms. The lowest BCUT2D eigenvalue weighted by molar-refractivity contribution is -0.385. The molecule has 0 saturated carbocycles. The standard InChI is InChI=1S/C18H23N3O5S/c1-12-5-6-13(16(9-12)26-18(2,3)4)11-20-15-8-7-14(21(22)23)10-17(15)27(19,24)25/h5-10,20H,11H2,1-4H3,(H2,19,24,25). The number of nitrogens with two attached hydrogens (primary N) is 1. The van der Waals surface area contributed by atoms with E-state index in [1.165, 1.54) is 12.1 Å². The average Bonchev–Trinajstić information content (AvgIpc) is 2.51. The van der Waals surface area contributed by atoms with Gasteiger partial charge in [-0.2, -0.15) is 0 Å². The van der Waals surface area contributed by atoms with Crippen molar-refractivity contribution in [1.29, 1.82) is 0 Å². The Morgan fingerprint density at radius 2 is 1.85 bits per heavy atom. The number of nitrogens with one attached hydrogen (secondary N) is 1. The van der Waals surface area contributed by atoms with Crippen LogP contribution in [0.3, 0.4) is 0 Å². The number of anilines is 1. The van der Waals surface area contributed by atoms with Crippen LogP contribution in [0.5, 0.6) is 5.75 Å². The fraction of sp³-hybridized carbons (Fsp3) is 0.333. The van der Waals surface area contributed by atoms with E-state index in [9.17, 15) is 18.5 Å². The fourth-order valence-corrected chi connectivity index (χ4v) is 3.16. The lowest BCUT2D eigenvalue weighted by Gasteiger charge is -2.24. The van der Waals surface area contributed by atoms with Crippen LogP contribution < -0.4 is 15.2 Å². The second-order valence-electron chi connectivity index (χ2n) is 7.16. The Kier molecular flexibility index (Phi) is 5.76. The molecule has 0 saturated heterocycles. The van der Waals surface area contributed by atoms with Gasteiger partial charge in [0, 0.05) is 24.2 Å². The highest BCUT2D eigenvalue weighted by Gasteiger charge is 2.20. The van der Waals surface area contributed by atoms with Gasteiger partial charge in [0.25, 0.3) is 5.69 Å². The van der Waals surface area contributed by atoms with E-state index in [4.69, 9.17) is 9.88 Å². The number of sulfonamides is 1. The summed E-state index contributed by atoms with van der Waals surface area (Å²) in [6.07, 6.45) is 0. The third-order valence-corrected chi connectivity index (χ3v) is 4.54. The number of hydrogen-bond acceptors (Lipinski definition) is 6. The molecule has 2 rings (SSSR count). The first-order valence-electron chi connectivity index (χ1n) is 8.20. The summed E-state index contributed by atoms with van der Waals surface area (Å²) in [4.78, 5) is 9.91. The molecule has 0 aliphatic heterocycles. The van der Waals surface area contributed by atoms with E-state index in [-0.39, 0.29) is 22.8 Å². The lowest BCUT2D eigenvalue weighted by Crippen LogP contribution is -2.24. The first-order valence-corrected chi connectivity index (χ1v) is 9.75. The maximum atomic E-state index is 11.8. The van der Waals surface area contributed by atoms with Crippen molar-refractivity contribution in [3.63, 3.8) is 0 Å². The van der Waals surface area contributed by atoms with E-state index < -0.39 is 20.5 Å². The van der Waals surface area contributed by atoms with Gasteiger partial charge in [-0.05, 0) is 45.4 Å². The molecule has 0 atom stereocenters. The number of rotatable bonds is 6. The minimum absolute atomic E-state index is 0.186. The maximum Gasteiger partial charge on any atom is 0.270 e. The number of aryl methyl sites for hydroxylation is 1. The Labute approximate surface area is 158 Å². The molecule has 0 aromatic heterocycles. The highest BCUT2D eigenvalue weighted by Crippen LogP contribution is 2.29. The Morgan fingerprint density at radius 1 is 1.19 bits per heavy atom. The van der Waals surface area contributed by atoms with Crippen molar-refractivity contribution in [2.45, 2.75) is 44.7 Å². The number of nitrogens with zero attached hydrogens (tertiary/aromatic N) is 1. The molecular weight excluding hydrogens is 370 g/mol. The van der Waals surface area contributed by atoms with Crippen LogP contribution >= 0.6 is 0 Å². The molecule has 0 bridgehead atoms. The molecule has 2 aromatic rings. The van der Waals surface area contributed by atoms with Crippen LogP contribution in [0.15, 0.2) is 41.3 Å². The highest BCUT2D eigenvalue weighted by atomic mass is 32.2. The maximum absolute atomic E-state index is 11.8. The SMILES string of the molecule is Cc1ccc(CNc2ccc([N+](=O)[O-])cc2S(N)(=O)=O)c(OC(C)(C)C)c1. The molecule has 2 aromatic carbocycles. The van der Waals surface area contributed by atoms with Crippen molar-refractivity contribution in [3.8, 4) is 5.75 Å². The number of primary sulfonamides is 1. The number of nitro benzene ring substituents is 1. The quantitative estimate of drug-likeness (QED) is 0.573. The predicted octanol–water partition coefficient (Wildman–Crippen LogP) is 3.34. The van der Waals surface area contributed by atoms with E-state index in [1.54, 1.807) is 0 Å². The Hall–Kier alpha value is -2.65. The molecule has 0 radical (unpaired) electrons. The van der Waals surface area contributed by atoms with Crippen LogP contribution in [0.1, 0.15) is 31.9 Å². The summed E-state index contributed by atoms with van der Waals surface area (Å²) < 4.78 is 29.6. The van der Waals surface area contributed by atoms with Gasteiger partial charge >= 0.3 is 0 Å². The Bertz CT molecular complexity index is 965. The van der Waals surface area contributed by atoms with Crippen LogP contribution in [-0.2, 0) is 16.6 Å². The van der Waals surface area contributed by atoms with Crippen LogP contribution in [0.4, 0.5) is 11.4 Å². The van der Waals surface area contributed by atoms with Gasteiger partial charge in [0.1, 0.15) is 16.2 Å². The minimum Gasteiger partial charge on any atom is -0.488 e. The Morgan fingerprint density at radius 3 is 2.41 bits per heavy atom. The second kappa shape index (κ2) is 7.53. The summed E-state index contributed by atoms with van der Waals surface area (Å²) in [6.45, 7) is 8.00. The molecule has 0 aliphatic carbocycles. The summed E-state index contributed by atoms with van der Waals surface area (Å²) in [5, 5.41) is 19.1. The number of non-ortho nitro benzene ring substituents is 1. The summed E-state index contributed by atoms with van der Waals surface area (Å²) >= 11 is 0. The zero-order chi connectivity index (χ0) is 20.4. The molecule has 0 fully saturated rings. The first kappa shape index (κ1) is 20.7. The molecule has 0 unspecified atom stereocenters. The normalized spacial score (nSPS) is 11.9. The summed E-state index contributed by atoms with van der Waals surface area (Å²) in [6, 6.07) is 9.20. The van der Waals surface area contributed by atoms with E-state index in [1.807, 2.05) is 45.9 Å². The number of ether oxygens (including phenoxy) is 1. The number of benzene rings is 2. The van der Waals surface area contributed by atoms with Crippen LogP contribution in [0.25, 0.3) is 0 Å². The van der Waals surface area contributed by atoms with Crippen molar-refractivity contribution >= 4 is 21.4 Å². The summed E-state index contributed by atoms with van der Waals surface area (Å²) in [5.74, 6) is 0.675. The molecule has 146 valence electrons. The zero-order valence-electron chi connectivity index (χ0n) is 15.6. The van der Waals surface area contributed by atoms with Crippen molar-refractivity contribution < 1.29 is 18.1 Å². The summed E-state index contributed by atoms with van der Waals surface area (Å²) in [5.41, 5.74) is 1.27. The smallest absolute Gasteiger partial charge is 0.270 e. The molecule has 3 N–H and O–H groups in total. The molecule has 0 aliphatic rings. The third kappa shape index (κ3) is 5.66. The molecule has 0 amide bonds. The molecule has 0 spiro atoms. The minimum atomic E-state index is -4.14. The average molecular weight is 393 g/mol. The topological polar surface area (TPSA) is 125 Å². The lowest BCUT2D eigenvalue weighted by atomic mass is 10.1. The third-order valence-electron chi connectivity index (χ3n) is 3.59. The van der Waals surface area contributed by atoms with E-state index in [2.05, 4.69) is 5.32 Å². The van der Waals surface area contributed by atoms with Gasteiger partial charge in [0.15, 0.2) is 0 Å². The molecular formula is C18H23N3O5S. The van der Waals surface area contributed by atoms with Gasteiger partial charge in [0.05, 0.1) is 10.6 Å². The molecule has 9 heteroatoms. The monoisotopic (exact) mass is 393 g/mol. The fourth-order valence-electron chi connectivity index (χ4n) is 2.43. The largest absolute Gasteiger partial charge is 0.488 e. The van der Waals surface area contributed by atoms with Gasteiger partial charge in [-0.25, -0.2) is 13.6 Å². The van der Waals surface area contributed by atoms with Crippen LogP contribution in [-0.4, -0.2) is 18.9 Å². The van der Waals surface area contributed by atoms with E-state index in [0.29, 0.717) is 5.75 Å². The first-order chi connectivity index (χ1) is 12.4. The number of nitro groups is 1. The second-order valence-corrected chi connectivity index (χ2v) is 8.69. The van der Waals surface area contributed by atoms with Crippen molar-refractivity contribution in [2.24, 2.45) is 5.14 Å². The number of hydrogen-bond donors (Lipinski definition) is 2. The summed E-state index contributed by atoms with van der Waals surface area (Å²) in [7, 11) is -4.14. The van der Waals surface area contributed by atoms with Gasteiger partial charge in [-0.3, -0.25) is 10.1 Å². The van der Waals surface area contributed by atoms with Crippen LogP contribution in [0.2, 0.25) is 0 Å². The molecule has 0 heterocycles. The Balaban J connectivity index is 2.36. The zero-order valence-corrected chi connectivity index (χ0v) is 16.5. The van der Waals surface area contributed by atoms with Gasteiger partial charge < -0.3 is 10.1 Å². The van der Waals surface area contributed by atoms with E-state index >= 15 is 0 Å².